The van der Waals surface area contributed by atoms with Gasteiger partial charge in [-0.3, -0.25) is 0 Å². The summed E-state index contributed by atoms with van der Waals surface area (Å²) < 4.78 is 18.3. The Kier molecular flexibility index (Phi) is 2.59. The summed E-state index contributed by atoms with van der Waals surface area (Å²) in [7, 11) is 1.42. The molecule has 4 nitrogen and oxygen atoms in total. The van der Waals surface area contributed by atoms with Crippen LogP contribution in [0, 0.1) is 5.82 Å². The first-order valence-electron chi connectivity index (χ1n) is 5.70. The number of rotatable bonds is 2. The molecule has 19 heavy (non-hydrogen) atoms. The van der Waals surface area contributed by atoms with Crippen LogP contribution in [0.1, 0.15) is 0 Å². The third-order valence-corrected chi connectivity index (χ3v) is 2.89. The van der Waals surface area contributed by atoms with Crippen LogP contribution in [0.25, 0.3) is 22.4 Å². The number of aromatic nitrogens is 2. The van der Waals surface area contributed by atoms with E-state index in [2.05, 4.69) is 9.97 Å². The van der Waals surface area contributed by atoms with Crippen LogP contribution in [0.2, 0.25) is 0 Å². The maximum atomic E-state index is 13.4. The van der Waals surface area contributed by atoms with E-state index >= 15 is 0 Å². The van der Waals surface area contributed by atoms with E-state index in [0.717, 1.165) is 11.0 Å². The highest BCUT2D eigenvalue weighted by molar-refractivity contribution is 5.80. The Bertz CT molecular complexity index is 752. The minimum absolute atomic E-state index is 0.166. The van der Waals surface area contributed by atoms with Crippen LogP contribution in [-0.2, 0) is 0 Å². The monoisotopic (exact) mass is 258 g/mol. The fraction of sp³-hybridized carbons (Fsp3) is 0.0714. The van der Waals surface area contributed by atoms with Gasteiger partial charge in [0.25, 0.3) is 0 Å². The van der Waals surface area contributed by atoms with E-state index < -0.39 is 5.82 Å². The Morgan fingerprint density at radius 3 is 2.84 bits per heavy atom. The van der Waals surface area contributed by atoms with Gasteiger partial charge in [0, 0.05) is 11.6 Å². The second-order valence-corrected chi connectivity index (χ2v) is 4.14. The zero-order valence-corrected chi connectivity index (χ0v) is 10.1. The van der Waals surface area contributed by atoms with Gasteiger partial charge in [0.2, 0.25) is 0 Å². The Hall–Kier alpha value is -2.56. The van der Waals surface area contributed by atoms with E-state index in [1.807, 2.05) is 0 Å². The number of ether oxygens (including phenoxy) is 1. The van der Waals surface area contributed by atoms with Gasteiger partial charge in [-0.2, -0.15) is 0 Å². The van der Waals surface area contributed by atoms with Gasteiger partial charge in [-0.15, -0.1) is 0 Å². The first-order chi connectivity index (χ1) is 9.17. The van der Waals surface area contributed by atoms with Crippen LogP contribution in [0.3, 0.4) is 0 Å². The first-order valence-corrected chi connectivity index (χ1v) is 5.70. The predicted octanol–water partition coefficient (Wildman–Crippen LogP) is 3.08. The lowest BCUT2D eigenvalue weighted by Gasteiger charge is -2.03. The van der Waals surface area contributed by atoms with Gasteiger partial charge in [-0.25, -0.2) is 9.37 Å². The predicted molar refractivity (Wildman–Crippen MR) is 69.7 cm³/mol. The molecule has 0 aliphatic carbocycles. The fourth-order valence-corrected chi connectivity index (χ4v) is 1.94. The number of H-pyrrole nitrogens is 1. The first kappa shape index (κ1) is 11.5. The van der Waals surface area contributed by atoms with Crippen molar-refractivity contribution in [1.82, 2.24) is 9.97 Å². The van der Waals surface area contributed by atoms with Crippen LogP contribution in [-0.4, -0.2) is 22.2 Å². The zero-order chi connectivity index (χ0) is 13.4. The topological polar surface area (TPSA) is 58.1 Å². The molecule has 0 aliphatic heterocycles. The van der Waals surface area contributed by atoms with Crippen molar-refractivity contribution < 1.29 is 14.2 Å². The molecular formula is C14H11FN2O2. The normalized spacial score (nSPS) is 10.8. The minimum Gasteiger partial charge on any atom is -0.508 e. The third kappa shape index (κ3) is 1.99. The number of nitrogens with zero attached hydrogens (tertiary/aromatic N) is 1. The molecule has 5 heteroatoms. The van der Waals surface area contributed by atoms with Gasteiger partial charge in [-0.1, -0.05) is 0 Å². The summed E-state index contributed by atoms with van der Waals surface area (Å²) in [5.74, 6) is 0.513. The summed E-state index contributed by atoms with van der Waals surface area (Å²) in [5.41, 5.74) is 2.17. The van der Waals surface area contributed by atoms with Crippen molar-refractivity contribution in [2.24, 2.45) is 0 Å². The van der Waals surface area contributed by atoms with Crippen molar-refractivity contribution in [3.8, 4) is 22.9 Å². The molecule has 96 valence electrons. The van der Waals surface area contributed by atoms with Gasteiger partial charge in [0.05, 0.1) is 18.1 Å². The highest BCUT2D eigenvalue weighted by Gasteiger charge is 2.09. The maximum Gasteiger partial charge on any atom is 0.165 e. The molecule has 1 aromatic heterocycles. The number of methoxy groups -OCH3 is 1. The Morgan fingerprint density at radius 1 is 1.21 bits per heavy atom. The maximum absolute atomic E-state index is 13.4. The number of halogens is 1. The molecule has 0 spiro atoms. The average molecular weight is 258 g/mol. The Labute approximate surface area is 108 Å². The number of benzene rings is 2. The van der Waals surface area contributed by atoms with Crippen LogP contribution in [0.15, 0.2) is 36.4 Å². The van der Waals surface area contributed by atoms with E-state index in [1.54, 1.807) is 30.3 Å². The Balaban J connectivity index is 2.13. The van der Waals surface area contributed by atoms with Crippen LogP contribution in [0.5, 0.6) is 11.5 Å². The number of aromatic hydroxyl groups is 1. The number of aromatic amines is 1. The molecule has 3 aromatic rings. The van der Waals surface area contributed by atoms with Crippen molar-refractivity contribution in [2.45, 2.75) is 0 Å². The van der Waals surface area contributed by atoms with Gasteiger partial charge in [0.15, 0.2) is 11.6 Å². The number of imidazole rings is 1. The molecule has 2 aromatic carbocycles. The van der Waals surface area contributed by atoms with Crippen molar-refractivity contribution in [2.75, 3.05) is 7.11 Å². The van der Waals surface area contributed by atoms with Gasteiger partial charge >= 0.3 is 0 Å². The van der Waals surface area contributed by atoms with E-state index in [-0.39, 0.29) is 11.5 Å². The highest BCUT2D eigenvalue weighted by Crippen LogP contribution is 2.27. The number of hydrogen-bond donors (Lipinski definition) is 2. The molecule has 0 unspecified atom stereocenters. The number of nitrogens with one attached hydrogen (secondary N) is 1. The molecule has 3 rings (SSSR count). The second kappa shape index (κ2) is 4.28. The average Bonchev–Trinajstić information content (AvgIpc) is 2.82. The van der Waals surface area contributed by atoms with Crippen LogP contribution >= 0.6 is 0 Å². The van der Waals surface area contributed by atoms with Crippen LogP contribution < -0.4 is 4.74 Å². The van der Waals surface area contributed by atoms with Crippen molar-refractivity contribution >= 4 is 11.0 Å². The summed E-state index contributed by atoms with van der Waals surface area (Å²) in [6.45, 7) is 0. The van der Waals surface area contributed by atoms with Gasteiger partial charge < -0.3 is 14.8 Å². The van der Waals surface area contributed by atoms with E-state index in [0.29, 0.717) is 11.4 Å². The smallest absolute Gasteiger partial charge is 0.165 e. The third-order valence-electron chi connectivity index (χ3n) is 2.89. The second-order valence-electron chi connectivity index (χ2n) is 4.14. The molecule has 0 saturated heterocycles. The van der Waals surface area contributed by atoms with Crippen molar-refractivity contribution in [3.05, 3.63) is 42.2 Å². The van der Waals surface area contributed by atoms with Crippen LogP contribution in [0.4, 0.5) is 4.39 Å². The fourth-order valence-electron chi connectivity index (χ4n) is 1.94. The summed E-state index contributed by atoms with van der Waals surface area (Å²) in [5, 5.41) is 9.41. The molecule has 0 aliphatic rings. The molecule has 0 bridgehead atoms. The molecule has 2 N–H and O–H groups in total. The number of phenols is 1. The summed E-state index contributed by atoms with van der Waals surface area (Å²) in [4.78, 5) is 7.46. The molecule has 1 heterocycles. The molecule has 0 atom stereocenters. The van der Waals surface area contributed by atoms with E-state index in [9.17, 15) is 9.50 Å². The molecule has 0 saturated carbocycles. The standard InChI is InChI=1S/C14H11FN2O2/c1-19-13-6-8(2-4-10(13)15)14-16-11-5-3-9(18)7-12(11)17-14/h2-7,18H,1H3,(H,16,17). The lowest BCUT2D eigenvalue weighted by Crippen LogP contribution is -1.89. The van der Waals surface area contributed by atoms with Gasteiger partial charge in [0.1, 0.15) is 11.6 Å². The zero-order valence-electron chi connectivity index (χ0n) is 10.1. The lowest BCUT2D eigenvalue weighted by molar-refractivity contribution is 0.387. The molecular weight excluding hydrogens is 247 g/mol. The molecule has 0 amide bonds. The van der Waals surface area contributed by atoms with E-state index in [4.69, 9.17) is 4.74 Å². The minimum atomic E-state index is -0.417. The number of fused-ring (bicyclic) bond motifs is 1. The van der Waals surface area contributed by atoms with E-state index in [1.165, 1.54) is 13.2 Å². The summed E-state index contributed by atoms with van der Waals surface area (Å²) in [6, 6.07) is 9.40. The molecule has 0 fully saturated rings. The summed E-state index contributed by atoms with van der Waals surface area (Å²) >= 11 is 0. The quantitative estimate of drug-likeness (QED) is 0.742. The summed E-state index contributed by atoms with van der Waals surface area (Å²) in [6.07, 6.45) is 0. The highest BCUT2D eigenvalue weighted by atomic mass is 19.1. The molecule has 0 radical (unpaired) electrons. The van der Waals surface area contributed by atoms with Crippen molar-refractivity contribution in [3.63, 3.8) is 0 Å². The Morgan fingerprint density at radius 2 is 2.05 bits per heavy atom. The largest absolute Gasteiger partial charge is 0.508 e. The van der Waals surface area contributed by atoms with Gasteiger partial charge in [-0.05, 0) is 30.3 Å². The van der Waals surface area contributed by atoms with Crippen molar-refractivity contribution in [1.29, 1.82) is 0 Å². The SMILES string of the molecule is COc1cc(-c2nc3ccc(O)cc3[nH]2)ccc1F. The number of phenolic OH excluding ortho intramolecular Hbond substituents is 1. The number of hydrogen-bond acceptors (Lipinski definition) is 3. The lowest BCUT2D eigenvalue weighted by atomic mass is 10.2.